The second-order valence-electron chi connectivity index (χ2n) is 5.14. The molecule has 0 radical (unpaired) electrons. The van der Waals surface area contributed by atoms with Crippen LogP contribution >= 0.6 is 35.0 Å². The van der Waals surface area contributed by atoms with Crippen LogP contribution in [0.15, 0.2) is 52.1 Å². The number of halogens is 2. The van der Waals surface area contributed by atoms with Gasteiger partial charge in [-0.1, -0.05) is 35.0 Å². The Morgan fingerprint density at radius 2 is 1.85 bits per heavy atom. The van der Waals surface area contributed by atoms with Crippen molar-refractivity contribution in [3.05, 3.63) is 62.6 Å². The number of carbonyl (C=O) groups excluding carboxylic acids is 1. The van der Waals surface area contributed by atoms with Crippen molar-refractivity contribution >= 4 is 52.2 Å². The molecule has 0 unspecified atom stereocenters. The highest BCUT2D eigenvalue weighted by Gasteiger charge is 2.17. The number of benzene rings is 2. The quantitative estimate of drug-likeness (QED) is 0.347. The van der Waals surface area contributed by atoms with Gasteiger partial charge in [-0.15, -0.1) is 10.2 Å². The predicted molar refractivity (Wildman–Crippen MR) is 102 cm³/mol. The first-order valence-electron chi connectivity index (χ1n) is 7.38. The first kappa shape index (κ1) is 19.2. The zero-order valence-electron chi connectivity index (χ0n) is 13.4. The molecule has 1 heterocycles. The maximum absolute atomic E-state index is 12.1. The minimum absolute atomic E-state index is 0.0578. The third kappa shape index (κ3) is 4.97. The normalized spacial score (nSPS) is 10.6. The zero-order chi connectivity index (χ0) is 19.4. The summed E-state index contributed by atoms with van der Waals surface area (Å²) in [5, 5.41) is 22.3. The van der Waals surface area contributed by atoms with Gasteiger partial charge in [-0.2, -0.15) is 0 Å². The van der Waals surface area contributed by atoms with Gasteiger partial charge in [0.1, 0.15) is 5.69 Å². The van der Waals surface area contributed by atoms with Gasteiger partial charge in [0.25, 0.3) is 10.9 Å². The minimum atomic E-state index is -0.620. The molecule has 27 heavy (non-hydrogen) atoms. The number of thioether (sulfide) groups is 1. The van der Waals surface area contributed by atoms with Gasteiger partial charge in [0.15, 0.2) is 0 Å². The number of carbonyl (C=O) groups is 1. The van der Waals surface area contributed by atoms with Crippen LogP contribution in [0.2, 0.25) is 10.0 Å². The van der Waals surface area contributed by atoms with Gasteiger partial charge in [-0.3, -0.25) is 14.9 Å². The number of aromatic nitrogens is 2. The average Bonchev–Trinajstić information content (AvgIpc) is 3.11. The Morgan fingerprint density at radius 3 is 2.56 bits per heavy atom. The number of nitro benzene ring substituents is 1. The predicted octanol–water partition coefficient (Wildman–Crippen LogP) is 4.68. The Labute approximate surface area is 167 Å². The molecule has 0 spiro atoms. The van der Waals surface area contributed by atoms with Crippen LogP contribution in [0.25, 0.3) is 11.5 Å². The molecule has 0 aliphatic carbocycles. The largest absolute Gasteiger partial charge is 0.411 e. The highest BCUT2D eigenvalue weighted by molar-refractivity contribution is 7.99. The fourth-order valence-corrected chi connectivity index (χ4v) is 2.91. The lowest BCUT2D eigenvalue weighted by Crippen LogP contribution is -2.15. The molecular formula is C16H10Cl2N4O4S. The number of amides is 1. The van der Waals surface area contributed by atoms with Crippen molar-refractivity contribution in [3.8, 4) is 11.5 Å². The summed E-state index contributed by atoms with van der Waals surface area (Å²) in [6.45, 7) is 0. The van der Waals surface area contributed by atoms with E-state index in [1.54, 1.807) is 24.3 Å². The lowest BCUT2D eigenvalue weighted by atomic mass is 10.2. The van der Waals surface area contributed by atoms with E-state index < -0.39 is 10.8 Å². The molecule has 0 fully saturated rings. The molecule has 138 valence electrons. The molecule has 3 rings (SSSR count). The van der Waals surface area contributed by atoms with Crippen molar-refractivity contribution in [3.63, 3.8) is 0 Å². The summed E-state index contributed by atoms with van der Waals surface area (Å²) >= 11 is 12.6. The number of hydrogen-bond donors (Lipinski definition) is 1. The second kappa shape index (κ2) is 8.38. The van der Waals surface area contributed by atoms with Crippen LogP contribution in [0, 0.1) is 10.1 Å². The van der Waals surface area contributed by atoms with Crippen LogP contribution in [0.1, 0.15) is 0 Å². The van der Waals surface area contributed by atoms with Gasteiger partial charge in [-0.05, 0) is 36.4 Å². The Bertz CT molecular complexity index is 994. The van der Waals surface area contributed by atoms with Crippen LogP contribution < -0.4 is 5.32 Å². The zero-order valence-corrected chi connectivity index (χ0v) is 15.7. The lowest BCUT2D eigenvalue weighted by Gasteiger charge is -2.05. The Balaban J connectivity index is 1.62. The molecule has 3 aromatic rings. The van der Waals surface area contributed by atoms with E-state index in [2.05, 4.69) is 15.5 Å². The van der Waals surface area contributed by atoms with Crippen LogP contribution in [-0.2, 0) is 4.79 Å². The maximum Gasteiger partial charge on any atom is 0.294 e. The fraction of sp³-hybridized carbons (Fsp3) is 0.0625. The summed E-state index contributed by atoms with van der Waals surface area (Å²) in [7, 11) is 0. The summed E-state index contributed by atoms with van der Waals surface area (Å²) in [4.78, 5) is 22.5. The van der Waals surface area contributed by atoms with Gasteiger partial charge in [0.05, 0.1) is 10.7 Å². The fourth-order valence-electron chi connectivity index (χ4n) is 2.05. The first-order valence-corrected chi connectivity index (χ1v) is 9.12. The van der Waals surface area contributed by atoms with Crippen molar-refractivity contribution in [1.82, 2.24) is 10.2 Å². The molecule has 0 aliphatic heterocycles. The van der Waals surface area contributed by atoms with Crippen LogP contribution in [0.3, 0.4) is 0 Å². The van der Waals surface area contributed by atoms with Gasteiger partial charge in [0.2, 0.25) is 11.8 Å². The first-order chi connectivity index (χ1) is 12.9. The molecule has 1 aromatic heterocycles. The minimum Gasteiger partial charge on any atom is -0.411 e. The van der Waals surface area contributed by atoms with Crippen LogP contribution in [0.5, 0.6) is 0 Å². The number of nitro groups is 1. The molecule has 1 N–H and O–H groups in total. The van der Waals surface area contributed by atoms with E-state index in [1.807, 2.05) is 0 Å². The highest BCUT2D eigenvalue weighted by Crippen LogP contribution is 2.28. The number of nitrogens with one attached hydrogen (secondary N) is 1. The van der Waals surface area contributed by atoms with Gasteiger partial charge in [-0.25, -0.2) is 0 Å². The second-order valence-corrected chi connectivity index (χ2v) is 6.93. The van der Waals surface area contributed by atoms with Crippen LogP contribution in [0.4, 0.5) is 11.4 Å². The Morgan fingerprint density at radius 1 is 1.15 bits per heavy atom. The van der Waals surface area contributed by atoms with Crippen molar-refractivity contribution < 1.29 is 14.1 Å². The molecular weight excluding hydrogens is 415 g/mol. The Hall–Kier alpha value is -2.62. The van der Waals surface area contributed by atoms with Gasteiger partial charge in [0, 0.05) is 21.7 Å². The molecule has 11 heteroatoms. The number of hydrogen-bond acceptors (Lipinski definition) is 7. The smallest absolute Gasteiger partial charge is 0.294 e. The van der Waals surface area contributed by atoms with E-state index >= 15 is 0 Å². The van der Waals surface area contributed by atoms with Gasteiger partial charge >= 0.3 is 0 Å². The number of nitrogens with zero attached hydrogens (tertiary/aromatic N) is 3. The van der Waals surface area contributed by atoms with Crippen molar-refractivity contribution in [1.29, 1.82) is 0 Å². The van der Waals surface area contributed by atoms with E-state index in [0.29, 0.717) is 16.5 Å². The molecule has 1 amide bonds. The molecule has 8 nitrogen and oxygen atoms in total. The lowest BCUT2D eigenvalue weighted by molar-refractivity contribution is -0.383. The standard InChI is InChI=1S/C16H10Cl2N4O4S/c17-10-3-1-9(2-4-10)15-20-21-16(26-15)27-8-14(23)19-12-6-5-11(18)7-13(12)22(24)25/h1-7H,8H2,(H,19,23). The molecule has 0 saturated heterocycles. The highest BCUT2D eigenvalue weighted by atomic mass is 35.5. The van der Waals surface area contributed by atoms with Crippen molar-refractivity contribution in [2.45, 2.75) is 5.22 Å². The number of rotatable bonds is 6. The average molecular weight is 425 g/mol. The molecule has 0 saturated carbocycles. The topological polar surface area (TPSA) is 111 Å². The molecule has 0 bridgehead atoms. The van der Waals surface area contributed by atoms with E-state index in [-0.39, 0.29) is 27.4 Å². The van der Waals surface area contributed by atoms with E-state index in [1.165, 1.54) is 18.2 Å². The number of anilines is 1. The summed E-state index contributed by atoms with van der Waals surface area (Å²) in [5.41, 5.74) is 0.464. The third-order valence-electron chi connectivity index (χ3n) is 3.25. The SMILES string of the molecule is O=C(CSc1nnc(-c2ccc(Cl)cc2)o1)Nc1ccc(Cl)cc1[N+](=O)[O-]. The van der Waals surface area contributed by atoms with Gasteiger partial charge < -0.3 is 9.73 Å². The summed E-state index contributed by atoms with van der Waals surface area (Å²) < 4.78 is 5.48. The van der Waals surface area contributed by atoms with E-state index in [9.17, 15) is 14.9 Å². The molecule has 0 atom stereocenters. The summed E-state index contributed by atoms with van der Waals surface area (Å²) in [5.74, 6) is -0.234. The van der Waals surface area contributed by atoms with Crippen molar-refractivity contribution in [2.24, 2.45) is 0 Å². The molecule has 0 aliphatic rings. The summed E-state index contributed by atoms with van der Waals surface area (Å²) in [6, 6.07) is 10.8. The monoisotopic (exact) mass is 424 g/mol. The van der Waals surface area contributed by atoms with Crippen molar-refractivity contribution in [2.75, 3.05) is 11.1 Å². The maximum atomic E-state index is 12.1. The third-order valence-corrected chi connectivity index (χ3v) is 4.56. The molecule has 2 aromatic carbocycles. The Kier molecular flexibility index (Phi) is 5.94. The summed E-state index contributed by atoms with van der Waals surface area (Å²) in [6.07, 6.45) is 0. The van der Waals surface area contributed by atoms with Crippen LogP contribution in [-0.4, -0.2) is 26.8 Å². The van der Waals surface area contributed by atoms with E-state index in [4.69, 9.17) is 27.6 Å². The van der Waals surface area contributed by atoms with E-state index in [0.717, 1.165) is 11.8 Å².